The Labute approximate surface area is 215 Å². The van der Waals surface area contributed by atoms with Gasteiger partial charge in [-0.15, -0.1) is 0 Å². The molecule has 6 rings (SSSR count). The molecule has 4 aliphatic carbocycles. The van der Waals surface area contributed by atoms with Gasteiger partial charge in [0.2, 0.25) is 0 Å². The van der Waals surface area contributed by atoms with Crippen LogP contribution in [0.5, 0.6) is 0 Å². The molecule has 4 aliphatic rings. The van der Waals surface area contributed by atoms with Crippen LogP contribution in [0.25, 0.3) is 11.8 Å². The van der Waals surface area contributed by atoms with Crippen LogP contribution in [0.2, 0.25) is 0 Å². The number of fused-ring (bicyclic) bond motifs is 6. The van der Waals surface area contributed by atoms with Crippen LogP contribution in [-0.4, -0.2) is 26.8 Å². The first-order chi connectivity index (χ1) is 17.0. The fraction of sp³-hybridized carbons (Fsp3) is 0.613. The number of benzene rings is 1. The van der Waals surface area contributed by atoms with Crippen molar-refractivity contribution >= 4 is 17.5 Å². The first-order valence-corrected chi connectivity index (χ1v) is 13.9. The van der Waals surface area contributed by atoms with Crippen molar-refractivity contribution in [3.63, 3.8) is 0 Å². The van der Waals surface area contributed by atoms with Crippen LogP contribution >= 0.6 is 0 Å². The first-order valence-electron chi connectivity index (χ1n) is 13.9. The van der Waals surface area contributed by atoms with Gasteiger partial charge < -0.3 is 10.8 Å². The summed E-state index contributed by atoms with van der Waals surface area (Å²) in [7, 11) is 0. The largest absolute Gasteiger partial charge is 0.399 e. The minimum Gasteiger partial charge on any atom is -0.399 e. The number of Topliss-reactive ketones (excluding diaryl/α,β-unsaturated/α-hetero) is 1. The summed E-state index contributed by atoms with van der Waals surface area (Å²) >= 11 is 0. The summed E-state index contributed by atoms with van der Waals surface area (Å²) in [5, 5.41) is 16.8. The standard InChI is InChI=1S/C31H41N3O2/c1-6-27(36)31(5)18(2)13-24-23-12-7-20-14-25-19(17-34(33-25)22-10-8-21(32)9-11-22)15-29(20,3)28(23)26(35)16-30(24,31)4/h8-11,14,17-18,23-24,26,28,35H,6-7,12-13,15-16,32H2,1-5H3/t18-,23+,24+,26+,28-,29+,30+,31-/m1/s1. The third kappa shape index (κ3) is 2.98. The Hall–Kier alpha value is -2.40. The molecular weight excluding hydrogens is 446 g/mol. The number of rotatable bonds is 3. The van der Waals surface area contributed by atoms with E-state index in [4.69, 9.17) is 10.8 Å². The Kier molecular flexibility index (Phi) is 5.19. The van der Waals surface area contributed by atoms with Gasteiger partial charge in [-0.25, -0.2) is 4.68 Å². The zero-order chi connectivity index (χ0) is 25.6. The van der Waals surface area contributed by atoms with Gasteiger partial charge in [0.25, 0.3) is 0 Å². The average Bonchev–Trinajstić information content (AvgIpc) is 3.33. The number of ketones is 1. The van der Waals surface area contributed by atoms with Crippen molar-refractivity contribution in [2.45, 2.75) is 79.2 Å². The van der Waals surface area contributed by atoms with Crippen molar-refractivity contribution in [3.05, 3.63) is 47.3 Å². The highest BCUT2D eigenvalue weighted by Crippen LogP contribution is 2.71. The van der Waals surface area contributed by atoms with Crippen LogP contribution < -0.4 is 5.73 Å². The van der Waals surface area contributed by atoms with E-state index in [1.54, 1.807) is 0 Å². The summed E-state index contributed by atoms with van der Waals surface area (Å²) < 4.78 is 1.97. The lowest BCUT2D eigenvalue weighted by Crippen LogP contribution is -2.59. The number of anilines is 1. The number of nitrogen functional groups attached to an aromatic ring is 1. The number of hydrogen-bond donors (Lipinski definition) is 2. The molecule has 5 nitrogen and oxygen atoms in total. The van der Waals surface area contributed by atoms with Gasteiger partial charge in [-0.2, -0.15) is 5.10 Å². The zero-order valence-electron chi connectivity index (χ0n) is 22.4. The van der Waals surface area contributed by atoms with Gasteiger partial charge in [0.15, 0.2) is 0 Å². The molecular formula is C31H41N3O2. The number of carbonyl (C=O) groups is 1. The van der Waals surface area contributed by atoms with Gasteiger partial charge in [-0.1, -0.05) is 40.2 Å². The smallest absolute Gasteiger partial charge is 0.139 e. The Bertz CT molecular complexity index is 1250. The molecule has 8 atom stereocenters. The summed E-state index contributed by atoms with van der Waals surface area (Å²) in [5.41, 5.74) is 10.8. The van der Waals surface area contributed by atoms with E-state index in [1.165, 1.54) is 11.1 Å². The van der Waals surface area contributed by atoms with E-state index in [9.17, 15) is 9.90 Å². The number of hydrogen-bond acceptors (Lipinski definition) is 4. The molecule has 3 saturated carbocycles. The first kappa shape index (κ1) is 24.0. The lowest BCUT2D eigenvalue weighted by molar-refractivity contribution is -0.158. The summed E-state index contributed by atoms with van der Waals surface area (Å²) in [4.78, 5) is 13.3. The highest BCUT2D eigenvalue weighted by Gasteiger charge is 2.68. The van der Waals surface area contributed by atoms with Gasteiger partial charge >= 0.3 is 0 Å². The number of nitrogens with two attached hydrogens (primary N) is 1. The van der Waals surface area contributed by atoms with Crippen molar-refractivity contribution in [1.29, 1.82) is 0 Å². The quantitative estimate of drug-likeness (QED) is 0.533. The number of aliphatic hydroxyl groups excluding tert-OH is 1. The molecule has 0 amide bonds. The minimum atomic E-state index is -0.395. The van der Waals surface area contributed by atoms with Crippen molar-refractivity contribution in [2.24, 2.45) is 39.9 Å². The molecule has 0 saturated heterocycles. The Balaban J connectivity index is 1.36. The van der Waals surface area contributed by atoms with Crippen LogP contribution in [0.15, 0.2) is 36.0 Å². The van der Waals surface area contributed by atoms with E-state index in [1.807, 2.05) is 35.9 Å². The molecule has 0 unspecified atom stereocenters. The van der Waals surface area contributed by atoms with Gasteiger partial charge in [0.05, 0.1) is 17.5 Å². The summed E-state index contributed by atoms with van der Waals surface area (Å²) in [6.45, 7) is 11.2. The molecule has 1 aromatic heterocycles. The molecule has 0 radical (unpaired) electrons. The van der Waals surface area contributed by atoms with E-state index in [0.29, 0.717) is 30.0 Å². The minimum absolute atomic E-state index is 0.0807. The maximum atomic E-state index is 13.3. The lowest BCUT2D eigenvalue weighted by atomic mass is 9.44. The highest BCUT2D eigenvalue weighted by atomic mass is 16.3. The van der Waals surface area contributed by atoms with Gasteiger partial charge in [0, 0.05) is 23.7 Å². The number of aliphatic hydroxyl groups is 1. The molecule has 1 heterocycles. The summed E-state index contributed by atoms with van der Waals surface area (Å²) in [5.74, 6) is 1.88. The molecule has 1 aromatic carbocycles. The van der Waals surface area contributed by atoms with E-state index in [0.717, 1.165) is 49.2 Å². The maximum Gasteiger partial charge on any atom is 0.139 e. The number of allylic oxidation sites excluding steroid dienone is 1. The molecule has 36 heavy (non-hydrogen) atoms. The molecule has 192 valence electrons. The number of carbonyl (C=O) groups excluding carboxylic acids is 1. The van der Waals surface area contributed by atoms with Gasteiger partial charge in [0.1, 0.15) is 5.78 Å². The van der Waals surface area contributed by atoms with E-state index < -0.39 is 6.10 Å². The van der Waals surface area contributed by atoms with Gasteiger partial charge in [-0.3, -0.25) is 4.79 Å². The molecule has 0 bridgehead atoms. The predicted molar refractivity (Wildman–Crippen MR) is 143 cm³/mol. The van der Waals surface area contributed by atoms with Crippen LogP contribution in [0.1, 0.15) is 78.0 Å². The summed E-state index contributed by atoms with van der Waals surface area (Å²) in [6.07, 6.45) is 9.55. The third-order valence-corrected chi connectivity index (χ3v) is 11.6. The monoisotopic (exact) mass is 487 g/mol. The molecule has 3 N–H and O–H groups in total. The van der Waals surface area contributed by atoms with Crippen molar-refractivity contribution in [3.8, 4) is 5.69 Å². The zero-order valence-corrected chi connectivity index (χ0v) is 22.4. The molecule has 0 spiro atoms. The second-order valence-electron chi connectivity index (χ2n) is 13.0. The maximum absolute atomic E-state index is 13.3. The fourth-order valence-electron chi connectivity index (χ4n) is 9.46. The molecule has 2 aromatic rings. The normalized spacial score (nSPS) is 41.1. The SMILES string of the molecule is CCC(=O)[C@@]1(C)[C@H](C)C[C@H]2[C@@H]3CCC4=Cc5nn(-c6ccc(N)cc6)cc5C[C@]4(C)[C@H]3[C@@H](O)C[C@@]21C. The predicted octanol–water partition coefficient (Wildman–Crippen LogP) is 5.84. The van der Waals surface area contributed by atoms with Crippen molar-refractivity contribution in [1.82, 2.24) is 9.78 Å². The fourth-order valence-corrected chi connectivity index (χ4v) is 9.46. The van der Waals surface area contributed by atoms with Crippen LogP contribution in [0.3, 0.4) is 0 Å². The highest BCUT2D eigenvalue weighted by molar-refractivity contribution is 5.86. The van der Waals surface area contributed by atoms with E-state index in [-0.39, 0.29) is 22.2 Å². The second kappa shape index (κ2) is 7.80. The lowest BCUT2D eigenvalue weighted by Gasteiger charge is -2.61. The molecule has 0 aliphatic heterocycles. The molecule has 5 heteroatoms. The average molecular weight is 488 g/mol. The third-order valence-electron chi connectivity index (χ3n) is 11.6. The topological polar surface area (TPSA) is 81.1 Å². The van der Waals surface area contributed by atoms with Gasteiger partial charge in [-0.05, 0) is 103 Å². The van der Waals surface area contributed by atoms with Crippen LogP contribution in [0.4, 0.5) is 5.69 Å². The van der Waals surface area contributed by atoms with E-state index >= 15 is 0 Å². The Morgan fingerprint density at radius 3 is 2.64 bits per heavy atom. The second-order valence-corrected chi connectivity index (χ2v) is 13.0. The molecule has 3 fully saturated rings. The van der Waals surface area contributed by atoms with Crippen molar-refractivity contribution < 1.29 is 9.90 Å². The van der Waals surface area contributed by atoms with Crippen LogP contribution in [0, 0.1) is 39.9 Å². The summed E-state index contributed by atoms with van der Waals surface area (Å²) in [6, 6.07) is 7.84. The van der Waals surface area contributed by atoms with Crippen LogP contribution in [-0.2, 0) is 11.2 Å². The Morgan fingerprint density at radius 2 is 1.94 bits per heavy atom. The Morgan fingerprint density at radius 1 is 1.22 bits per heavy atom. The van der Waals surface area contributed by atoms with Crippen molar-refractivity contribution in [2.75, 3.05) is 5.73 Å². The van der Waals surface area contributed by atoms with E-state index in [2.05, 4.69) is 40.0 Å². The number of aromatic nitrogens is 2. The number of nitrogens with zero attached hydrogens (tertiary/aromatic N) is 2.